The number of hydrogen-bond donors (Lipinski definition) is 1. The van der Waals surface area contributed by atoms with Crippen LogP contribution in [-0.2, 0) is 6.54 Å². The van der Waals surface area contributed by atoms with Crippen LogP contribution in [0, 0.1) is 13.8 Å². The zero-order chi connectivity index (χ0) is 15.0. The fourth-order valence-electron chi connectivity index (χ4n) is 2.18. The molecule has 2 N–H and O–H groups in total. The van der Waals surface area contributed by atoms with Crippen LogP contribution in [0.4, 0.5) is 5.69 Å². The average molecular weight is 283 g/mol. The van der Waals surface area contributed by atoms with E-state index in [2.05, 4.69) is 20.2 Å². The van der Waals surface area contributed by atoms with Crippen LogP contribution in [0.2, 0.25) is 0 Å². The van der Waals surface area contributed by atoms with Crippen molar-refractivity contribution < 1.29 is 0 Å². The lowest BCUT2D eigenvalue weighted by molar-refractivity contribution is 0.660. The number of hydrogen-bond acceptors (Lipinski definition) is 5. The summed E-state index contributed by atoms with van der Waals surface area (Å²) in [7, 11) is 0. The fourth-order valence-corrected chi connectivity index (χ4v) is 2.18. The Kier molecular flexibility index (Phi) is 3.17. The molecular weight excluding hydrogens is 266 g/mol. The van der Waals surface area contributed by atoms with Crippen LogP contribution in [0.25, 0.3) is 17.2 Å². The standard InChI is InChI=1S/C14H17N7/c1-4-20-7-11(6-16-20)13-12(15)8-21(19-13)14-17-9(2)5-10(3)18-14/h5-8H,4,15H2,1-3H3. The molecule has 7 nitrogen and oxygen atoms in total. The van der Waals surface area contributed by atoms with E-state index in [1.165, 1.54) is 0 Å². The predicted octanol–water partition coefficient (Wildman–Crippen LogP) is 1.74. The molecule has 0 saturated heterocycles. The molecule has 0 aliphatic carbocycles. The summed E-state index contributed by atoms with van der Waals surface area (Å²) in [4.78, 5) is 8.77. The van der Waals surface area contributed by atoms with E-state index in [-0.39, 0.29) is 0 Å². The van der Waals surface area contributed by atoms with E-state index in [4.69, 9.17) is 5.73 Å². The Hall–Kier alpha value is -2.70. The van der Waals surface area contributed by atoms with Gasteiger partial charge in [0.1, 0.15) is 5.69 Å². The summed E-state index contributed by atoms with van der Waals surface area (Å²) in [6.45, 7) is 6.69. The van der Waals surface area contributed by atoms with E-state index in [0.29, 0.717) is 17.3 Å². The molecule has 7 heteroatoms. The second-order valence-electron chi connectivity index (χ2n) is 4.91. The van der Waals surface area contributed by atoms with Gasteiger partial charge in [-0.1, -0.05) is 0 Å². The summed E-state index contributed by atoms with van der Waals surface area (Å²) < 4.78 is 3.44. The monoisotopic (exact) mass is 283 g/mol. The van der Waals surface area contributed by atoms with Gasteiger partial charge in [0.15, 0.2) is 0 Å². The molecule has 0 amide bonds. The maximum absolute atomic E-state index is 6.06. The molecule has 108 valence electrons. The first-order valence-corrected chi connectivity index (χ1v) is 6.77. The van der Waals surface area contributed by atoms with E-state index in [9.17, 15) is 0 Å². The lowest BCUT2D eigenvalue weighted by Gasteiger charge is -2.02. The minimum atomic E-state index is 0.522. The summed E-state index contributed by atoms with van der Waals surface area (Å²) >= 11 is 0. The summed E-state index contributed by atoms with van der Waals surface area (Å²) in [6, 6.07) is 1.92. The largest absolute Gasteiger partial charge is 0.396 e. The van der Waals surface area contributed by atoms with Crippen molar-refractivity contribution in [2.24, 2.45) is 0 Å². The third kappa shape index (κ3) is 2.49. The van der Waals surface area contributed by atoms with Gasteiger partial charge in [-0.25, -0.2) is 14.6 Å². The SMILES string of the molecule is CCn1cc(-c2nn(-c3nc(C)cc(C)n3)cc2N)cn1. The van der Waals surface area contributed by atoms with Gasteiger partial charge >= 0.3 is 0 Å². The Morgan fingerprint density at radius 3 is 2.48 bits per heavy atom. The van der Waals surface area contributed by atoms with Crippen molar-refractivity contribution >= 4 is 5.69 Å². The number of rotatable bonds is 3. The molecule has 0 aliphatic heterocycles. The van der Waals surface area contributed by atoms with Crippen LogP contribution in [0.5, 0.6) is 0 Å². The number of nitrogens with two attached hydrogens (primary N) is 1. The molecule has 3 rings (SSSR count). The fraction of sp³-hybridized carbons (Fsp3) is 0.286. The molecule has 0 spiro atoms. The van der Waals surface area contributed by atoms with Gasteiger partial charge in [0.25, 0.3) is 5.95 Å². The van der Waals surface area contributed by atoms with Gasteiger partial charge in [-0.3, -0.25) is 4.68 Å². The smallest absolute Gasteiger partial charge is 0.251 e. The van der Waals surface area contributed by atoms with Crippen molar-refractivity contribution in [1.29, 1.82) is 0 Å². The molecule has 0 saturated carbocycles. The van der Waals surface area contributed by atoms with Crippen LogP contribution in [-0.4, -0.2) is 29.5 Å². The molecule has 0 fully saturated rings. The maximum Gasteiger partial charge on any atom is 0.251 e. The molecule has 0 aromatic carbocycles. The first kappa shape index (κ1) is 13.3. The molecule has 0 aliphatic rings. The Morgan fingerprint density at radius 2 is 1.86 bits per heavy atom. The third-order valence-corrected chi connectivity index (χ3v) is 3.15. The quantitative estimate of drug-likeness (QED) is 0.791. The van der Waals surface area contributed by atoms with E-state index in [0.717, 1.165) is 23.5 Å². The lowest BCUT2D eigenvalue weighted by Crippen LogP contribution is -2.04. The van der Waals surface area contributed by atoms with E-state index in [1.807, 2.05) is 37.7 Å². The second-order valence-corrected chi connectivity index (χ2v) is 4.91. The van der Waals surface area contributed by atoms with Gasteiger partial charge in [0.05, 0.1) is 18.1 Å². The van der Waals surface area contributed by atoms with Gasteiger partial charge in [-0.05, 0) is 26.8 Å². The van der Waals surface area contributed by atoms with Crippen molar-refractivity contribution in [3.8, 4) is 17.2 Å². The van der Waals surface area contributed by atoms with Crippen molar-refractivity contribution in [3.05, 3.63) is 36.0 Å². The van der Waals surface area contributed by atoms with Crippen molar-refractivity contribution in [2.75, 3.05) is 5.73 Å². The van der Waals surface area contributed by atoms with Gasteiger partial charge in [-0.15, -0.1) is 0 Å². The summed E-state index contributed by atoms with van der Waals surface area (Å²) in [6.07, 6.45) is 5.41. The topological polar surface area (TPSA) is 87.4 Å². The first-order valence-electron chi connectivity index (χ1n) is 6.77. The van der Waals surface area contributed by atoms with Gasteiger partial charge in [-0.2, -0.15) is 10.2 Å². The van der Waals surface area contributed by atoms with Crippen molar-refractivity contribution in [3.63, 3.8) is 0 Å². The van der Waals surface area contributed by atoms with Crippen LogP contribution in [0.1, 0.15) is 18.3 Å². The zero-order valence-corrected chi connectivity index (χ0v) is 12.3. The Labute approximate surface area is 122 Å². The highest BCUT2D eigenvalue weighted by molar-refractivity contribution is 5.71. The van der Waals surface area contributed by atoms with Crippen LogP contribution < -0.4 is 5.73 Å². The first-order chi connectivity index (χ1) is 10.1. The van der Waals surface area contributed by atoms with Gasteiger partial charge in [0, 0.05) is 29.7 Å². The molecule has 3 heterocycles. The molecule has 3 aromatic heterocycles. The molecular formula is C14H17N7. The van der Waals surface area contributed by atoms with Crippen LogP contribution >= 0.6 is 0 Å². The average Bonchev–Trinajstić information content (AvgIpc) is 3.03. The normalized spacial score (nSPS) is 11.0. The van der Waals surface area contributed by atoms with Crippen LogP contribution in [0.3, 0.4) is 0 Å². The summed E-state index contributed by atoms with van der Waals surface area (Å²) in [5, 5.41) is 8.74. The molecule has 3 aromatic rings. The number of anilines is 1. The minimum absolute atomic E-state index is 0.522. The molecule has 0 radical (unpaired) electrons. The Bertz CT molecular complexity index is 764. The van der Waals surface area contributed by atoms with Gasteiger partial charge < -0.3 is 5.73 Å². The van der Waals surface area contributed by atoms with Crippen LogP contribution in [0.15, 0.2) is 24.7 Å². The second kappa shape index (κ2) is 5.01. The van der Waals surface area contributed by atoms with Crippen molar-refractivity contribution in [1.82, 2.24) is 29.5 Å². The Balaban J connectivity index is 2.04. The number of nitrogen functional groups attached to an aromatic ring is 1. The number of nitrogens with zero attached hydrogens (tertiary/aromatic N) is 6. The number of aromatic nitrogens is 6. The summed E-state index contributed by atoms with van der Waals surface area (Å²) in [5.74, 6) is 0.522. The predicted molar refractivity (Wildman–Crippen MR) is 79.9 cm³/mol. The van der Waals surface area contributed by atoms with Crippen molar-refractivity contribution in [2.45, 2.75) is 27.3 Å². The lowest BCUT2D eigenvalue weighted by atomic mass is 10.2. The number of aryl methyl sites for hydroxylation is 3. The van der Waals surface area contributed by atoms with E-state index >= 15 is 0 Å². The highest BCUT2D eigenvalue weighted by Gasteiger charge is 2.13. The third-order valence-electron chi connectivity index (χ3n) is 3.15. The molecule has 0 bridgehead atoms. The highest BCUT2D eigenvalue weighted by Crippen LogP contribution is 2.24. The maximum atomic E-state index is 6.06. The highest BCUT2D eigenvalue weighted by atomic mass is 15.4. The molecule has 0 unspecified atom stereocenters. The van der Waals surface area contributed by atoms with E-state index in [1.54, 1.807) is 17.1 Å². The molecule has 0 atom stereocenters. The minimum Gasteiger partial charge on any atom is -0.396 e. The van der Waals surface area contributed by atoms with Gasteiger partial charge in [0.2, 0.25) is 0 Å². The zero-order valence-electron chi connectivity index (χ0n) is 12.3. The molecule has 21 heavy (non-hydrogen) atoms. The summed E-state index contributed by atoms with van der Waals surface area (Å²) in [5.41, 5.74) is 10.0. The Morgan fingerprint density at radius 1 is 1.14 bits per heavy atom. The van der Waals surface area contributed by atoms with E-state index < -0.39 is 0 Å².